The Morgan fingerprint density at radius 1 is 1.43 bits per heavy atom. The largest absolute Gasteiger partial charge is 0.376 e. The van der Waals surface area contributed by atoms with Gasteiger partial charge in [-0.1, -0.05) is 36.7 Å². The van der Waals surface area contributed by atoms with Gasteiger partial charge in [0.05, 0.1) is 12.7 Å². The summed E-state index contributed by atoms with van der Waals surface area (Å²) in [5, 5.41) is 4.50. The zero-order valence-corrected chi connectivity index (χ0v) is 13.9. The van der Waals surface area contributed by atoms with E-state index in [-0.39, 0.29) is 0 Å². The predicted octanol–water partition coefficient (Wildman–Crippen LogP) is 3.49. The van der Waals surface area contributed by atoms with Crippen molar-refractivity contribution >= 4 is 11.6 Å². The zero-order valence-electron chi connectivity index (χ0n) is 13.1. The lowest BCUT2D eigenvalue weighted by atomic mass is 10.0. The number of benzene rings is 1. The molecule has 3 nitrogen and oxygen atoms in total. The van der Waals surface area contributed by atoms with E-state index in [1.807, 2.05) is 12.1 Å². The molecule has 0 aliphatic carbocycles. The number of nitrogens with one attached hydrogen (secondary N) is 1. The van der Waals surface area contributed by atoms with E-state index in [1.165, 1.54) is 5.56 Å². The molecular formula is C17H27ClN2O. The zero-order chi connectivity index (χ0) is 15.1. The number of hydrogen-bond donors (Lipinski definition) is 1. The molecule has 2 unspecified atom stereocenters. The van der Waals surface area contributed by atoms with Crippen molar-refractivity contribution in [2.45, 2.75) is 38.8 Å². The molecule has 1 heterocycles. The van der Waals surface area contributed by atoms with Crippen molar-refractivity contribution in [3.63, 3.8) is 0 Å². The van der Waals surface area contributed by atoms with E-state index in [9.17, 15) is 0 Å². The van der Waals surface area contributed by atoms with Crippen LogP contribution < -0.4 is 5.32 Å². The van der Waals surface area contributed by atoms with E-state index in [0.29, 0.717) is 12.1 Å². The van der Waals surface area contributed by atoms with Gasteiger partial charge in [-0.05, 0) is 37.9 Å². The lowest BCUT2D eigenvalue weighted by molar-refractivity contribution is -0.0192. The SMILES string of the molecule is CCCNC(CCN1CCOC(C)C1)c1ccccc1Cl. The second-order valence-electron chi connectivity index (χ2n) is 5.80. The summed E-state index contributed by atoms with van der Waals surface area (Å²) in [5.74, 6) is 0. The maximum absolute atomic E-state index is 6.37. The van der Waals surface area contributed by atoms with Crippen molar-refractivity contribution in [1.29, 1.82) is 0 Å². The van der Waals surface area contributed by atoms with Crippen LogP contribution >= 0.6 is 11.6 Å². The third-order valence-corrected chi connectivity index (χ3v) is 4.32. The summed E-state index contributed by atoms with van der Waals surface area (Å²) in [4.78, 5) is 2.49. The molecular weight excluding hydrogens is 284 g/mol. The van der Waals surface area contributed by atoms with Gasteiger partial charge >= 0.3 is 0 Å². The van der Waals surface area contributed by atoms with E-state index < -0.39 is 0 Å². The maximum atomic E-state index is 6.37. The number of nitrogens with zero attached hydrogens (tertiary/aromatic N) is 1. The summed E-state index contributed by atoms with van der Waals surface area (Å²) in [6, 6.07) is 8.51. The summed E-state index contributed by atoms with van der Waals surface area (Å²) in [5.41, 5.74) is 1.22. The Balaban J connectivity index is 1.94. The van der Waals surface area contributed by atoms with Gasteiger partial charge in [0.1, 0.15) is 0 Å². The van der Waals surface area contributed by atoms with Gasteiger partial charge in [-0.25, -0.2) is 0 Å². The minimum absolute atomic E-state index is 0.330. The van der Waals surface area contributed by atoms with Gasteiger partial charge in [-0.15, -0.1) is 0 Å². The van der Waals surface area contributed by atoms with Crippen molar-refractivity contribution in [3.05, 3.63) is 34.9 Å². The molecule has 1 aliphatic heterocycles. The summed E-state index contributed by atoms with van der Waals surface area (Å²) < 4.78 is 5.61. The van der Waals surface area contributed by atoms with Crippen LogP contribution in [0.25, 0.3) is 0 Å². The Morgan fingerprint density at radius 3 is 2.95 bits per heavy atom. The van der Waals surface area contributed by atoms with Crippen LogP contribution in [0, 0.1) is 0 Å². The molecule has 1 fully saturated rings. The standard InChI is InChI=1S/C17H27ClN2O/c1-3-9-19-17(15-6-4-5-7-16(15)18)8-10-20-11-12-21-14(2)13-20/h4-7,14,17,19H,3,8-13H2,1-2H3. The number of rotatable bonds is 7. The molecule has 1 N–H and O–H groups in total. The molecule has 0 aromatic heterocycles. The Kier molecular flexibility index (Phi) is 6.97. The molecule has 2 atom stereocenters. The monoisotopic (exact) mass is 310 g/mol. The van der Waals surface area contributed by atoms with Gasteiger partial charge < -0.3 is 10.1 Å². The van der Waals surface area contributed by atoms with Crippen LogP contribution in [0.3, 0.4) is 0 Å². The number of ether oxygens (including phenoxy) is 1. The van der Waals surface area contributed by atoms with Crippen LogP contribution in [0.2, 0.25) is 5.02 Å². The van der Waals surface area contributed by atoms with E-state index in [2.05, 4.69) is 36.2 Å². The molecule has 0 saturated carbocycles. The molecule has 0 amide bonds. The minimum atomic E-state index is 0.330. The van der Waals surface area contributed by atoms with Crippen LogP contribution in [0.15, 0.2) is 24.3 Å². The summed E-state index contributed by atoms with van der Waals surface area (Å²) in [7, 11) is 0. The highest BCUT2D eigenvalue weighted by atomic mass is 35.5. The molecule has 1 aliphatic rings. The molecule has 21 heavy (non-hydrogen) atoms. The van der Waals surface area contributed by atoms with Crippen molar-refractivity contribution in [1.82, 2.24) is 10.2 Å². The molecule has 4 heteroatoms. The van der Waals surface area contributed by atoms with Gasteiger partial charge in [0, 0.05) is 30.7 Å². The normalized spacial score (nSPS) is 21.4. The number of morpholine rings is 1. The molecule has 118 valence electrons. The lowest BCUT2D eigenvalue weighted by Gasteiger charge is -2.32. The average Bonchev–Trinajstić information content (AvgIpc) is 2.48. The lowest BCUT2D eigenvalue weighted by Crippen LogP contribution is -2.42. The Labute approximate surface area is 133 Å². The predicted molar refractivity (Wildman–Crippen MR) is 89.0 cm³/mol. The maximum Gasteiger partial charge on any atom is 0.0674 e. The minimum Gasteiger partial charge on any atom is -0.376 e. The first-order valence-corrected chi connectivity index (χ1v) is 8.40. The van der Waals surface area contributed by atoms with Crippen molar-refractivity contribution in [2.75, 3.05) is 32.8 Å². The van der Waals surface area contributed by atoms with Crippen molar-refractivity contribution in [2.24, 2.45) is 0 Å². The first-order chi connectivity index (χ1) is 10.2. The summed E-state index contributed by atoms with van der Waals surface area (Å²) >= 11 is 6.37. The first kappa shape index (κ1) is 16.8. The van der Waals surface area contributed by atoms with Crippen LogP contribution in [0.5, 0.6) is 0 Å². The molecule has 1 aromatic rings. The van der Waals surface area contributed by atoms with E-state index in [4.69, 9.17) is 16.3 Å². The van der Waals surface area contributed by atoms with Crippen molar-refractivity contribution < 1.29 is 4.74 Å². The molecule has 0 spiro atoms. The highest BCUT2D eigenvalue weighted by molar-refractivity contribution is 6.31. The van der Waals surface area contributed by atoms with Crippen LogP contribution in [-0.4, -0.2) is 43.8 Å². The Bertz CT molecular complexity index is 427. The Morgan fingerprint density at radius 2 is 2.24 bits per heavy atom. The number of hydrogen-bond acceptors (Lipinski definition) is 3. The van der Waals surface area contributed by atoms with Crippen LogP contribution in [0.1, 0.15) is 38.3 Å². The number of halogens is 1. The van der Waals surface area contributed by atoms with Crippen molar-refractivity contribution in [3.8, 4) is 0 Å². The molecule has 0 bridgehead atoms. The fourth-order valence-corrected chi connectivity index (χ4v) is 3.12. The highest BCUT2D eigenvalue weighted by Crippen LogP contribution is 2.25. The van der Waals surface area contributed by atoms with Gasteiger partial charge in [-0.3, -0.25) is 4.90 Å². The quantitative estimate of drug-likeness (QED) is 0.834. The molecule has 0 radical (unpaired) electrons. The third kappa shape index (κ3) is 5.26. The van der Waals surface area contributed by atoms with E-state index >= 15 is 0 Å². The second kappa shape index (κ2) is 8.74. The molecule has 1 aromatic carbocycles. The fourth-order valence-electron chi connectivity index (χ4n) is 2.85. The summed E-state index contributed by atoms with van der Waals surface area (Å²) in [6.07, 6.45) is 2.56. The van der Waals surface area contributed by atoms with E-state index in [0.717, 1.165) is 50.7 Å². The van der Waals surface area contributed by atoms with Crippen LogP contribution in [0.4, 0.5) is 0 Å². The topological polar surface area (TPSA) is 24.5 Å². The molecule has 1 saturated heterocycles. The van der Waals surface area contributed by atoms with Gasteiger partial charge in [0.25, 0.3) is 0 Å². The Hall–Kier alpha value is -0.610. The third-order valence-electron chi connectivity index (χ3n) is 3.98. The molecule has 2 rings (SSSR count). The fraction of sp³-hybridized carbons (Fsp3) is 0.647. The average molecular weight is 311 g/mol. The van der Waals surface area contributed by atoms with Gasteiger partial charge in [0.15, 0.2) is 0 Å². The first-order valence-electron chi connectivity index (χ1n) is 8.02. The van der Waals surface area contributed by atoms with E-state index in [1.54, 1.807) is 0 Å². The summed E-state index contributed by atoms with van der Waals surface area (Å²) in [6.45, 7) is 9.36. The smallest absolute Gasteiger partial charge is 0.0674 e. The van der Waals surface area contributed by atoms with Crippen LogP contribution in [-0.2, 0) is 4.74 Å². The van der Waals surface area contributed by atoms with Gasteiger partial charge in [0.2, 0.25) is 0 Å². The van der Waals surface area contributed by atoms with Gasteiger partial charge in [-0.2, -0.15) is 0 Å². The second-order valence-corrected chi connectivity index (χ2v) is 6.21. The highest BCUT2D eigenvalue weighted by Gasteiger charge is 2.19.